The Morgan fingerprint density at radius 1 is 1.10 bits per heavy atom. The smallest absolute Gasteiger partial charge is 0.291 e. The Balaban J connectivity index is 1.54. The van der Waals surface area contributed by atoms with Gasteiger partial charge in [0.05, 0.1) is 12.8 Å². The molecular weight excluding hydrogens is 396 g/mol. The summed E-state index contributed by atoms with van der Waals surface area (Å²) < 4.78 is 11.0. The number of benzene rings is 1. The molecule has 2 amide bonds. The van der Waals surface area contributed by atoms with Crippen LogP contribution in [-0.2, 0) is 6.42 Å². The summed E-state index contributed by atoms with van der Waals surface area (Å²) in [4.78, 5) is 29.1. The maximum Gasteiger partial charge on any atom is 0.291 e. The second kappa shape index (κ2) is 8.83. The number of hydrogen-bond donors (Lipinski definition) is 2. The zero-order valence-electron chi connectivity index (χ0n) is 17.3. The van der Waals surface area contributed by atoms with Gasteiger partial charge < -0.3 is 14.5 Å². The summed E-state index contributed by atoms with van der Waals surface area (Å²) in [6.07, 6.45) is 3.75. The Bertz CT molecular complexity index is 1130. The number of anilines is 1. The van der Waals surface area contributed by atoms with Crippen molar-refractivity contribution in [1.29, 1.82) is 0 Å². The Kier molecular flexibility index (Phi) is 5.79. The molecule has 0 spiro atoms. The number of aromatic nitrogens is 1. The lowest BCUT2D eigenvalue weighted by Gasteiger charge is -2.13. The van der Waals surface area contributed by atoms with Gasteiger partial charge in [-0.2, -0.15) is 5.10 Å². The van der Waals surface area contributed by atoms with E-state index in [4.69, 9.17) is 9.15 Å². The third kappa shape index (κ3) is 4.32. The summed E-state index contributed by atoms with van der Waals surface area (Å²) in [6, 6.07) is 12.1. The van der Waals surface area contributed by atoms with E-state index in [0.717, 1.165) is 12.0 Å². The first-order chi connectivity index (χ1) is 15.1. The first-order valence-electron chi connectivity index (χ1n) is 9.93. The van der Waals surface area contributed by atoms with Crippen LogP contribution >= 0.6 is 0 Å². The largest absolute Gasteiger partial charge is 0.497 e. The fourth-order valence-corrected chi connectivity index (χ4v) is 3.53. The van der Waals surface area contributed by atoms with Gasteiger partial charge in [0.2, 0.25) is 0 Å². The van der Waals surface area contributed by atoms with Crippen LogP contribution in [0.5, 0.6) is 5.75 Å². The van der Waals surface area contributed by atoms with Gasteiger partial charge in [0.1, 0.15) is 17.2 Å². The van der Waals surface area contributed by atoms with E-state index in [-0.39, 0.29) is 23.3 Å². The van der Waals surface area contributed by atoms with Gasteiger partial charge in [-0.05, 0) is 56.2 Å². The van der Waals surface area contributed by atoms with Crippen LogP contribution < -0.4 is 15.5 Å². The standard InChI is InChI=1S/C23H22N4O4/c1-14-20-17(26-27-22(28)18-6-3-4-13-24-18)7-5-8-19(20)31-21(14)23(29)25-15-9-11-16(30-2)12-10-15/h3-4,6,9-13H,5,7-8H2,1-2H3,(H,25,29)(H,27,28)/b26-17+. The van der Waals surface area contributed by atoms with Gasteiger partial charge in [0.25, 0.3) is 11.8 Å². The Morgan fingerprint density at radius 3 is 2.61 bits per heavy atom. The van der Waals surface area contributed by atoms with E-state index in [0.29, 0.717) is 41.3 Å². The average Bonchev–Trinajstić information content (AvgIpc) is 3.16. The number of pyridine rings is 1. The van der Waals surface area contributed by atoms with Crippen LogP contribution in [0.25, 0.3) is 0 Å². The zero-order chi connectivity index (χ0) is 21.8. The number of hydrazone groups is 1. The molecule has 31 heavy (non-hydrogen) atoms. The summed E-state index contributed by atoms with van der Waals surface area (Å²) in [5, 5.41) is 7.15. The van der Waals surface area contributed by atoms with Gasteiger partial charge in [-0.3, -0.25) is 14.6 Å². The van der Waals surface area contributed by atoms with E-state index < -0.39 is 0 Å². The van der Waals surface area contributed by atoms with Crippen molar-refractivity contribution >= 4 is 23.2 Å². The van der Waals surface area contributed by atoms with Crippen molar-refractivity contribution in [2.75, 3.05) is 12.4 Å². The number of amides is 2. The van der Waals surface area contributed by atoms with Crippen LogP contribution in [0.1, 0.15) is 50.8 Å². The van der Waals surface area contributed by atoms with Crippen LogP contribution in [-0.4, -0.2) is 29.6 Å². The molecule has 0 bridgehead atoms. The van der Waals surface area contributed by atoms with Crippen molar-refractivity contribution < 1.29 is 18.7 Å². The van der Waals surface area contributed by atoms with Crippen LogP contribution in [0.15, 0.2) is 58.2 Å². The number of nitrogens with one attached hydrogen (secondary N) is 2. The molecule has 4 rings (SSSR count). The molecule has 0 aliphatic heterocycles. The number of ether oxygens (including phenoxy) is 1. The lowest BCUT2D eigenvalue weighted by atomic mass is 9.93. The number of aryl methyl sites for hydroxylation is 1. The first-order valence-corrected chi connectivity index (χ1v) is 9.93. The number of furan rings is 1. The fraction of sp³-hybridized carbons (Fsp3) is 0.217. The third-order valence-corrected chi connectivity index (χ3v) is 5.07. The SMILES string of the molecule is COc1ccc(NC(=O)c2oc3c(c2C)/C(=N/NC(=O)c2ccccn2)CCC3)cc1. The number of nitrogens with zero attached hydrogens (tertiary/aromatic N) is 2. The molecule has 0 radical (unpaired) electrons. The quantitative estimate of drug-likeness (QED) is 0.615. The van der Waals surface area contributed by atoms with Crippen molar-refractivity contribution in [3.8, 4) is 5.75 Å². The molecule has 8 heteroatoms. The van der Waals surface area contributed by atoms with E-state index in [1.165, 1.54) is 0 Å². The number of rotatable bonds is 5. The topological polar surface area (TPSA) is 106 Å². The van der Waals surface area contributed by atoms with E-state index >= 15 is 0 Å². The number of methoxy groups -OCH3 is 1. The van der Waals surface area contributed by atoms with Crippen molar-refractivity contribution in [1.82, 2.24) is 10.4 Å². The van der Waals surface area contributed by atoms with Crippen LogP contribution in [0, 0.1) is 6.92 Å². The molecule has 0 atom stereocenters. The molecule has 8 nitrogen and oxygen atoms in total. The number of carbonyl (C=O) groups excluding carboxylic acids is 2. The minimum absolute atomic E-state index is 0.242. The molecule has 2 aromatic heterocycles. The highest BCUT2D eigenvalue weighted by atomic mass is 16.5. The molecule has 3 aromatic rings. The van der Waals surface area contributed by atoms with Crippen LogP contribution in [0.4, 0.5) is 5.69 Å². The van der Waals surface area contributed by atoms with Gasteiger partial charge in [-0.15, -0.1) is 0 Å². The lowest BCUT2D eigenvalue weighted by molar-refractivity contribution is 0.0948. The minimum atomic E-state index is -0.390. The predicted octanol–water partition coefficient (Wildman–Crippen LogP) is 3.71. The number of fused-ring (bicyclic) bond motifs is 1. The molecule has 1 aromatic carbocycles. The molecular formula is C23H22N4O4. The van der Waals surface area contributed by atoms with Crippen LogP contribution in [0.3, 0.4) is 0 Å². The first kappa shape index (κ1) is 20.3. The highest BCUT2D eigenvalue weighted by Gasteiger charge is 2.28. The van der Waals surface area contributed by atoms with E-state index in [1.807, 2.05) is 6.92 Å². The zero-order valence-corrected chi connectivity index (χ0v) is 17.3. The maximum atomic E-state index is 12.8. The van der Waals surface area contributed by atoms with Gasteiger partial charge in [-0.1, -0.05) is 6.07 Å². The average molecular weight is 418 g/mol. The predicted molar refractivity (Wildman–Crippen MR) is 116 cm³/mol. The summed E-state index contributed by atoms with van der Waals surface area (Å²) in [5.41, 5.74) is 5.65. The number of hydrogen-bond acceptors (Lipinski definition) is 6. The van der Waals surface area contributed by atoms with Gasteiger partial charge in [0, 0.05) is 29.4 Å². The van der Waals surface area contributed by atoms with E-state index in [1.54, 1.807) is 55.8 Å². The molecule has 0 fully saturated rings. The van der Waals surface area contributed by atoms with Crippen molar-refractivity contribution in [2.45, 2.75) is 26.2 Å². The van der Waals surface area contributed by atoms with Crippen molar-refractivity contribution in [3.63, 3.8) is 0 Å². The molecule has 1 aliphatic carbocycles. The third-order valence-electron chi connectivity index (χ3n) is 5.07. The van der Waals surface area contributed by atoms with Crippen molar-refractivity contribution in [2.24, 2.45) is 5.10 Å². The lowest BCUT2D eigenvalue weighted by Crippen LogP contribution is -2.22. The Labute approximate surface area is 179 Å². The highest BCUT2D eigenvalue weighted by Crippen LogP contribution is 2.30. The second-order valence-corrected chi connectivity index (χ2v) is 7.10. The van der Waals surface area contributed by atoms with Gasteiger partial charge in [0.15, 0.2) is 5.76 Å². The molecule has 158 valence electrons. The second-order valence-electron chi connectivity index (χ2n) is 7.10. The summed E-state index contributed by atoms with van der Waals surface area (Å²) in [5.74, 6) is 0.921. The molecule has 0 saturated carbocycles. The number of carbonyl (C=O) groups is 2. The Hall–Kier alpha value is -3.94. The maximum absolute atomic E-state index is 12.8. The van der Waals surface area contributed by atoms with Gasteiger partial charge >= 0.3 is 0 Å². The van der Waals surface area contributed by atoms with E-state index in [2.05, 4.69) is 20.8 Å². The van der Waals surface area contributed by atoms with Gasteiger partial charge in [-0.25, -0.2) is 5.43 Å². The highest BCUT2D eigenvalue weighted by molar-refractivity contribution is 6.09. The van der Waals surface area contributed by atoms with E-state index in [9.17, 15) is 9.59 Å². The Morgan fingerprint density at radius 2 is 1.90 bits per heavy atom. The fourth-order valence-electron chi connectivity index (χ4n) is 3.53. The van der Waals surface area contributed by atoms with Crippen molar-refractivity contribution in [3.05, 3.63) is 77.0 Å². The molecule has 0 unspecified atom stereocenters. The molecule has 2 heterocycles. The summed E-state index contributed by atoms with van der Waals surface area (Å²) in [6.45, 7) is 1.83. The normalized spacial score (nSPS) is 14.1. The summed E-state index contributed by atoms with van der Waals surface area (Å²) >= 11 is 0. The molecule has 1 aliphatic rings. The van der Waals surface area contributed by atoms with Crippen LogP contribution in [0.2, 0.25) is 0 Å². The molecule has 0 saturated heterocycles. The summed E-state index contributed by atoms with van der Waals surface area (Å²) in [7, 11) is 1.59. The minimum Gasteiger partial charge on any atom is -0.497 e. The monoisotopic (exact) mass is 418 g/mol. The molecule has 2 N–H and O–H groups in total.